The van der Waals surface area contributed by atoms with Gasteiger partial charge in [0.2, 0.25) is 0 Å². The average molecular weight is 353 g/mol. The van der Waals surface area contributed by atoms with E-state index >= 15 is 0 Å². The molecule has 1 N–H and O–H groups in total. The Bertz CT molecular complexity index is 571. The van der Waals surface area contributed by atoms with Gasteiger partial charge in [-0.1, -0.05) is 22.9 Å². The Morgan fingerprint density at radius 3 is 2.52 bits per heavy atom. The van der Waals surface area contributed by atoms with Gasteiger partial charge in [-0.25, -0.2) is 4.39 Å². The Morgan fingerprint density at radius 2 is 1.90 bits per heavy atom. The second-order valence-electron chi connectivity index (χ2n) is 8.20. The molecule has 114 valence electrons. The van der Waals surface area contributed by atoms with Gasteiger partial charge in [-0.3, -0.25) is 0 Å². The lowest BCUT2D eigenvalue weighted by Gasteiger charge is -2.62. The summed E-state index contributed by atoms with van der Waals surface area (Å²) in [5.41, 5.74) is 0.753. The number of hydrogen-bond acceptors (Lipinski definition) is 1. The first-order valence-electron chi connectivity index (χ1n) is 8.02. The molecule has 4 fully saturated rings. The van der Waals surface area contributed by atoms with Crippen molar-refractivity contribution in [3.8, 4) is 0 Å². The molecule has 4 aliphatic carbocycles. The molecule has 0 radical (unpaired) electrons. The van der Waals surface area contributed by atoms with Crippen molar-refractivity contribution in [2.45, 2.75) is 51.6 Å². The van der Waals surface area contributed by atoms with E-state index in [1.165, 1.54) is 25.3 Å². The molecule has 0 spiro atoms. The summed E-state index contributed by atoms with van der Waals surface area (Å²) >= 11 is 3.41. The topological polar surface area (TPSA) is 20.2 Å². The van der Waals surface area contributed by atoms with Crippen LogP contribution in [0.1, 0.15) is 57.1 Å². The molecular formula is C18H22BrFO. The van der Waals surface area contributed by atoms with Crippen molar-refractivity contribution >= 4 is 15.9 Å². The first-order valence-corrected chi connectivity index (χ1v) is 8.82. The molecule has 0 saturated heterocycles. The van der Waals surface area contributed by atoms with Crippen molar-refractivity contribution in [3.05, 3.63) is 34.1 Å². The summed E-state index contributed by atoms with van der Waals surface area (Å²) in [6.07, 6.45) is 6.47. The highest BCUT2D eigenvalue weighted by Crippen LogP contribution is 2.68. The molecule has 1 nitrogen and oxygen atoms in total. The summed E-state index contributed by atoms with van der Waals surface area (Å²) in [6, 6.07) is 4.93. The van der Waals surface area contributed by atoms with Crippen LogP contribution in [0.25, 0.3) is 0 Å². The third-order valence-corrected chi connectivity index (χ3v) is 6.72. The van der Waals surface area contributed by atoms with Crippen LogP contribution in [0.2, 0.25) is 0 Å². The minimum absolute atomic E-state index is 0.0968. The Hall–Kier alpha value is -0.410. The molecule has 3 atom stereocenters. The molecule has 3 unspecified atom stereocenters. The molecule has 0 aromatic heterocycles. The molecule has 21 heavy (non-hydrogen) atoms. The molecule has 0 aliphatic heterocycles. The van der Waals surface area contributed by atoms with Crippen molar-refractivity contribution in [2.75, 3.05) is 0 Å². The van der Waals surface area contributed by atoms with E-state index in [1.54, 1.807) is 12.1 Å². The summed E-state index contributed by atoms with van der Waals surface area (Å²) in [5.74, 6) is 1.20. The average Bonchev–Trinajstić information content (AvgIpc) is 2.38. The van der Waals surface area contributed by atoms with E-state index in [-0.39, 0.29) is 11.2 Å². The van der Waals surface area contributed by atoms with Gasteiger partial charge in [0.25, 0.3) is 0 Å². The number of hydrogen-bond donors (Lipinski definition) is 1. The third kappa shape index (κ3) is 2.19. The summed E-state index contributed by atoms with van der Waals surface area (Å²) in [5, 5.41) is 11.0. The molecule has 0 heterocycles. The lowest BCUT2D eigenvalue weighted by Crippen LogP contribution is -2.53. The van der Waals surface area contributed by atoms with Gasteiger partial charge in [-0.15, -0.1) is 0 Å². The van der Waals surface area contributed by atoms with Gasteiger partial charge in [0, 0.05) is 15.5 Å². The fourth-order valence-corrected chi connectivity index (χ4v) is 6.55. The Labute approximate surface area is 134 Å². The van der Waals surface area contributed by atoms with Gasteiger partial charge in [0.15, 0.2) is 0 Å². The molecule has 4 saturated carbocycles. The van der Waals surface area contributed by atoms with E-state index in [1.807, 2.05) is 0 Å². The first kappa shape index (κ1) is 14.2. The molecule has 1 aromatic carbocycles. The van der Waals surface area contributed by atoms with Crippen LogP contribution in [0.15, 0.2) is 22.7 Å². The third-order valence-electron chi connectivity index (χ3n) is 6.23. The van der Waals surface area contributed by atoms with Crippen LogP contribution < -0.4 is 0 Å². The van der Waals surface area contributed by atoms with Gasteiger partial charge >= 0.3 is 0 Å². The largest absolute Gasteiger partial charge is 0.388 e. The second kappa shape index (κ2) is 4.55. The van der Waals surface area contributed by atoms with Gasteiger partial charge < -0.3 is 5.11 Å². The molecule has 5 rings (SSSR count). The molecule has 0 amide bonds. The van der Waals surface area contributed by atoms with Gasteiger partial charge in [-0.2, -0.15) is 0 Å². The maximum atomic E-state index is 14.2. The smallest absolute Gasteiger partial charge is 0.129 e. The zero-order valence-corrected chi connectivity index (χ0v) is 14.0. The van der Waals surface area contributed by atoms with E-state index in [2.05, 4.69) is 22.9 Å². The fraction of sp³-hybridized carbons (Fsp3) is 0.667. The minimum Gasteiger partial charge on any atom is -0.388 e. The van der Waals surface area contributed by atoms with E-state index in [9.17, 15) is 9.50 Å². The monoisotopic (exact) mass is 352 g/mol. The van der Waals surface area contributed by atoms with E-state index in [4.69, 9.17) is 0 Å². The standard InChI is InChI=1S/C18H22BrFO/c1-17-6-11-4-12(7-17)9-18(8-11,10-17)16(21)14-5-13(19)2-3-15(14)20/h2-3,5,11-12,16,21H,4,6-10H2,1H3. The van der Waals surface area contributed by atoms with Crippen LogP contribution in [-0.2, 0) is 0 Å². The maximum absolute atomic E-state index is 14.2. The Morgan fingerprint density at radius 1 is 1.24 bits per heavy atom. The normalized spacial score (nSPS) is 42.3. The lowest BCUT2D eigenvalue weighted by atomic mass is 9.43. The van der Waals surface area contributed by atoms with Crippen LogP contribution in [0.3, 0.4) is 0 Å². The van der Waals surface area contributed by atoms with Crippen LogP contribution in [0.5, 0.6) is 0 Å². The summed E-state index contributed by atoms with van der Waals surface area (Å²) in [7, 11) is 0. The molecular weight excluding hydrogens is 331 g/mol. The number of rotatable bonds is 2. The second-order valence-corrected chi connectivity index (χ2v) is 9.12. The van der Waals surface area contributed by atoms with Gasteiger partial charge in [0.1, 0.15) is 5.82 Å². The number of halogens is 2. The highest BCUT2D eigenvalue weighted by atomic mass is 79.9. The zero-order valence-electron chi connectivity index (χ0n) is 12.4. The Balaban J connectivity index is 1.73. The number of aliphatic hydroxyl groups is 1. The molecule has 3 heteroatoms. The highest BCUT2D eigenvalue weighted by Gasteiger charge is 2.58. The maximum Gasteiger partial charge on any atom is 0.129 e. The van der Waals surface area contributed by atoms with E-state index in [0.717, 1.165) is 35.6 Å². The fourth-order valence-electron chi connectivity index (χ4n) is 6.17. The van der Waals surface area contributed by atoms with Crippen molar-refractivity contribution < 1.29 is 9.50 Å². The van der Waals surface area contributed by atoms with Crippen LogP contribution in [0.4, 0.5) is 4.39 Å². The quantitative estimate of drug-likeness (QED) is 0.772. The predicted molar refractivity (Wildman–Crippen MR) is 84.3 cm³/mol. The summed E-state index contributed by atoms with van der Waals surface area (Å²) < 4.78 is 15.1. The first-order chi connectivity index (χ1) is 9.89. The van der Waals surface area contributed by atoms with Crippen LogP contribution >= 0.6 is 15.9 Å². The highest BCUT2D eigenvalue weighted by molar-refractivity contribution is 9.10. The van der Waals surface area contributed by atoms with Gasteiger partial charge in [-0.05, 0) is 74.0 Å². The van der Waals surface area contributed by atoms with Crippen molar-refractivity contribution in [3.63, 3.8) is 0 Å². The summed E-state index contributed by atoms with van der Waals surface area (Å²) in [6.45, 7) is 2.38. The van der Waals surface area contributed by atoms with Crippen molar-refractivity contribution in [1.82, 2.24) is 0 Å². The predicted octanol–water partition coefficient (Wildman–Crippen LogP) is 5.23. The minimum atomic E-state index is -0.666. The molecule has 4 bridgehead atoms. The van der Waals surface area contributed by atoms with Crippen molar-refractivity contribution in [2.24, 2.45) is 22.7 Å². The van der Waals surface area contributed by atoms with E-state index < -0.39 is 6.10 Å². The van der Waals surface area contributed by atoms with Gasteiger partial charge in [0.05, 0.1) is 6.10 Å². The van der Waals surface area contributed by atoms with Crippen molar-refractivity contribution in [1.29, 1.82) is 0 Å². The summed E-state index contributed by atoms with van der Waals surface area (Å²) in [4.78, 5) is 0. The van der Waals surface area contributed by atoms with E-state index in [0.29, 0.717) is 11.0 Å². The number of aliphatic hydroxyl groups excluding tert-OH is 1. The molecule has 1 aromatic rings. The SMILES string of the molecule is CC12CC3CC(C1)CC(C(O)c1cc(Br)ccc1F)(C3)C2. The lowest BCUT2D eigenvalue weighted by molar-refractivity contribution is -0.155. The van der Waals surface area contributed by atoms with Crippen LogP contribution in [-0.4, -0.2) is 5.11 Å². The van der Waals surface area contributed by atoms with Crippen LogP contribution in [0, 0.1) is 28.5 Å². The number of benzene rings is 1. The molecule has 4 aliphatic rings. The zero-order chi connectivity index (χ0) is 14.8. The Kier molecular flexibility index (Phi) is 3.07.